The van der Waals surface area contributed by atoms with Gasteiger partial charge in [0.2, 0.25) is 0 Å². The second-order valence-corrected chi connectivity index (χ2v) is 6.20. The predicted octanol–water partition coefficient (Wildman–Crippen LogP) is 3.42. The van der Waals surface area contributed by atoms with Crippen molar-refractivity contribution in [2.45, 2.75) is 19.5 Å². The van der Waals surface area contributed by atoms with E-state index in [0.717, 1.165) is 4.88 Å². The topological polar surface area (TPSA) is 46.9 Å². The van der Waals surface area contributed by atoms with Crippen LogP contribution in [0.3, 0.4) is 0 Å². The molecule has 7 heteroatoms. The van der Waals surface area contributed by atoms with E-state index in [4.69, 9.17) is 29.6 Å². The van der Waals surface area contributed by atoms with Crippen molar-refractivity contribution in [1.82, 2.24) is 9.78 Å². The van der Waals surface area contributed by atoms with Crippen molar-refractivity contribution in [3.8, 4) is 12.3 Å². The Bertz CT molecular complexity index is 717. The van der Waals surface area contributed by atoms with Crippen LogP contribution in [0.4, 0.5) is 5.69 Å². The summed E-state index contributed by atoms with van der Waals surface area (Å²) >= 11 is 13.4. The molecule has 0 amide bonds. The Kier molecular flexibility index (Phi) is 4.71. The van der Waals surface area contributed by atoms with Gasteiger partial charge in [0.25, 0.3) is 5.56 Å². The van der Waals surface area contributed by atoms with E-state index in [2.05, 4.69) is 16.3 Å². The Morgan fingerprint density at radius 1 is 1.55 bits per heavy atom. The van der Waals surface area contributed by atoms with E-state index in [0.29, 0.717) is 4.34 Å². The summed E-state index contributed by atoms with van der Waals surface area (Å²) in [4.78, 5) is 13.2. The molecule has 0 bridgehead atoms. The lowest BCUT2D eigenvalue weighted by atomic mass is 10.2. The molecular formula is C13H11Cl2N3OS. The van der Waals surface area contributed by atoms with Gasteiger partial charge in [-0.1, -0.05) is 29.1 Å². The van der Waals surface area contributed by atoms with Gasteiger partial charge in [-0.2, -0.15) is 5.10 Å². The molecule has 0 aliphatic rings. The van der Waals surface area contributed by atoms with Gasteiger partial charge in [0.1, 0.15) is 12.2 Å². The van der Waals surface area contributed by atoms with Gasteiger partial charge < -0.3 is 5.32 Å². The molecule has 2 rings (SSSR count). The van der Waals surface area contributed by atoms with Crippen LogP contribution in [0.1, 0.15) is 17.8 Å². The summed E-state index contributed by atoms with van der Waals surface area (Å²) in [5, 5.41) is 7.23. The molecule has 2 aromatic heterocycles. The van der Waals surface area contributed by atoms with Crippen molar-refractivity contribution < 1.29 is 0 Å². The maximum absolute atomic E-state index is 12.2. The van der Waals surface area contributed by atoms with Gasteiger partial charge in [-0.3, -0.25) is 4.79 Å². The summed E-state index contributed by atoms with van der Waals surface area (Å²) in [6.07, 6.45) is 6.60. The number of rotatable bonds is 4. The maximum Gasteiger partial charge on any atom is 0.292 e. The number of anilines is 1. The van der Waals surface area contributed by atoms with Gasteiger partial charge in [0.05, 0.1) is 21.6 Å². The predicted molar refractivity (Wildman–Crippen MR) is 83.7 cm³/mol. The van der Waals surface area contributed by atoms with Crippen LogP contribution >= 0.6 is 34.5 Å². The van der Waals surface area contributed by atoms with Crippen molar-refractivity contribution >= 4 is 40.2 Å². The lowest BCUT2D eigenvalue weighted by Crippen LogP contribution is -2.26. The van der Waals surface area contributed by atoms with Crippen LogP contribution in [0.25, 0.3) is 0 Å². The standard InChI is InChI=1S/C13H11Cl2N3OS/c1-3-6-18-13(19)12(9(14)7-16-18)17-8(2)10-4-5-11(15)20-10/h1,4-5,7-8,17H,6H2,2H3. The smallest absolute Gasteiger partial charge is 0.292 e. The molecule has 0 saturated heterocycles. The minimum Gasteiger partial charge on any atom is -0.372 e. The van der Waals surface area contributed by atoms with Gasteiger partial charge in [-0.25, -0.2) is 4.68 Å². The summed E-state index contributed by atoms with van der Waals surface area (Å²) in [7, 11) is 0. The van der Waals surface area contributed by atoms with E-state index in [1.54, 1.807) is 0 Å². The van der Waals surface area contributed by atoms with Crippen LogP contribution in [-0.2, 0) is 6.54 Å². The van der Waals surface area contributed by atoms with Crippen LogP contribution in [0, 0.1) is 12.3 Å². The van der Waals surface area contributed by atoms with Crippen molar-refractivity contribution in [1.29, 1.82) is 0 Å². The first-order valence-electron chi connectivity index (χ1n) is 5.73. The first kappa shape index (κ1) is 14.9. The number of nitrogens with zero attached hydrogens (tertiary/aromatic N) is 2. The zero-order valence-electron chi connectivity index (χ0n) is 10.6. The molecule has 0 spiro atoms. The number of terminal acetylenes is 1. The van der Waals surface area contributed by atoms with Gasteiger partial charge in [-0.05, 0) is 19.1 Å². The molecule has 2 aromatic rings. The Hall–Kier alpha value is -1.48. The fourth-order valence-corrected chi connectivity index (χ4v) is 2.89. The molecule has 0 aliphatic heterocycles. The second kappa shape index (κ2) is 6.31. The molecule has 1 unspecified atom stereocenters. The maximum atomic E-state index is 12.2. The highest BCUT2D eigenvalue weighted by Crippen LogP contribution is 2.29. The minimum atomic E-state index is -0.343. The summed E-state index contributed by atoms with van der Waals surface area (Å²) in [5.41, 5.74) is -0.0566. The third-order valence-corrected chi connectivity index (χ3v) is 4.32. The average Bonchev–Trinajstić information content (AvgIpc) is 2.84. The highest BCUT2D eigenvalue weighted by molar-refractivity contribution is 7.16. The number of hydrogen-bond acceptors (Lipinski definition) is 4. The van der Waals surface area contributed by atoms with E-state index in [1.807, 2.05) is 19.1 Å². The Labute approximate surface area is 130 Å². The molecule has 4 nitrogen and oxygen atoms in total. The second-order valence-electron chi connectivity index (χ2n) is 4.04. The van der Waals surface area contributed by atoms with Crippen molar-refractivity contribution in [2.75, 3.05) is 5.32 Å². The van der Waals surface area contributed by atoms with Crippen LogP contribution in [-0.4, -0.2) is 9.78 Å². The lowest BCUT2D eigenvalue weighted by molar-refractivity contribution is 0.662. The number of nitrogens with one attached hydrogen (secondary N) is 1. The molecule has 104 valence electrons. The molecule has 0 saturated carbocycles. The Morgan fingerprint density at radius 2 is 2.30 bits per heavy atom. The van der Waals surface area contributed by atoms with Crippen LogP contribution in [0.2, 0.25) is 9.36 Å². The van der Waals surface area contributed by atoms with Gasteiger partial charge >= 0.3 is 0 Å². The number of thiophene rings is 1. The Morgan fingerprint density at radius 3 is 2.90 bits per heavy atom. The fourth-order valence-electron chi connectivity index (χ4n) is 1.65. The van der Waals surface area contributed by atoms with Crippen LogP contribution < -0.4 is 10.9 Å². The highest BCUT2D eigenvalue weighted by atomic mass is 35.5. The first-order chi connectivity index (χ1) is 9.52. The zero-order valence-corrected chi connectivity index (χ0v) is 12.9. The van der Waals surface area contributed by atoms with E-state index < -0.39 is 0 Å². The fraction of sp³-hybridized carbons (Fsp3) is 0.231. The van der Waals surface area contributed by atoms with Crippen LogP contribution in [0.15, 0.2) is 23.1 Å². The van der Waals surface area contributed by atoms with E-state index >= 15 is 0 Å². The highest BCUT2D eigenvalue weighted by Gasteiger charge is 2.14. The third kappa shape index (κ3) is 3.15. The molecule has 0 radical (unpaired) electrons. The normalized spacial score (nSPS) is 11.9. The SMILES string of the molecule is C#CCn1ncc(Cl)c(NC(C)c2ccc(Cl)s2)c1=O. The average molecular weight is 328 g/mol. The van der Waals surface area contributed by atoms with Gasteiger partial charge in [0, 0.05) is 4.88 Å². The zero-order chi connectivity index (χ0) is 14.7. The minimum absolute atomic E-state index is 0.0978. The lowest BCUT2D eigenvalue weighted by Gasteiger charge is -2.14. The molecular weight excluding hydrogens is 317 g/mol. The summed E-state index contributed by atoms with van der Waals surface area (Å²) in [6.45, 7) is 2.02. The molecule has 2 heterocycles. The third-order valence-electron chi connectivity index (χ3n) is 2.62. The Balaban J connectivity index is 2.31. The summed E-state index contributed by atoms with van der Waals surface area (Å²) in [6, 6.07) is 3.61. The van der Waals surface area contributed by atoms with E-state index in [-0.39, 0.29) is 28.9 Å². The summed E-state index contributed by atoms with van der Waals surface area (Å²) in [5.74, 6) is 2.37. The number of aromatic nitrogens is 2. The molecule has 0 aromatic carbocycles. The van der Waals surface area contributed by atoms with Crippen molar-refractivity contribution in [3.05, 3.63) is 42.9 Å². The monoisotopic (exact) mass is 327 g/mol. The van der Waals surface area contributed by atoms with E-state index in [1.165, 1.54) is 22.2 Å². The largest absolute Gasteiger partial charge is 0.372 e. The van der Waals surface area contributed by atoms with Crippen molar-refractivity contribution in [2.24, 2.45) is 0 Å². The summed E-state index contributed by atoms with van der Waals surface area (Å²) < 4.78 is 1.88. The first-order valence-corrected chi connectivity index (χ1v) is 7.31. The van der Waals surface area contributed by atoms with Crippen molar-refractivity contribution in [3.63, 3.8) is 0 Å². The molecule has 1 atom stereocenters. The van der Waals surface area contributed by atoms with Gasteiger partial charge in [0.15, 0.2) is 0 Å². The van der Waals surface area contributed by atoms with E-state index in [9.17, 15) is 4.79 Å². The van der Waals surface area contributed by atoms with Crippen LogP contribution in [0.5, 0.6) is 0 Å². The number of halogens is 2. The molecule has 0 fully saturated rings. The molecule has 1 N–H and O–H groups in total. The molecule has 0 aliphatic carbocycles. The quantitative estimate of drug-likeness (QED) is 0.875. The molecule has 20 heavy (non-hydrogen) atoms. The van der Waals surface area contributed by atoms with Gasteiger partial charge in [-0.15, -0.1) is 17.8 Å². The number of hydrogen-bond donors (Lipinski definition) is 1.